The number of rotatable bonds is 6. The van der Waals surface area contributed by atoms with Crippen molar-refractivity contribution in [3.8, 4) is 0 Å². The third-order valence-electron chi connectivity index (χ3n) is 3.77. The molecule has 1 aromatic carbocycles. The highest BCUT2D eigenvalue weighted by atomic mass is 32.1. The Bertz CT molecular complexity index is 589. The maximum Gasteiger partial charge on any atom is 0.126 e. The molecule has 0 spiro atoms. The molecule has 1 N–H and O–H groups in total. The summed E-state index contributed by atoms with van der Waals surface area (Å²) in [6, 6.07) is 6.99. The third-order valence-corrected chi connectivity index (χ3v) is 5.10. The fourth-order valence-electron chi connectivity index (χ4n) is 2.35. The maximum atomic E-state index is 14.0. The van der Waals surface area contributed by atoms with Crippen LogP contribution >= 0.6 is 11.3 Å². The molecule has 0 aliphatic carbocycles. The first-order valence-corrected chi connectivity index (χ1v) is 8.21. The standard InChI is InChI=1S/C17H23FN2S/c1-5-10-19-17(4,16-20-12(2)13(3)21-16)11-14-8-6-7-9-15(14)18/h6-9,19H,5,10-11H2,1-4H3. The average Bonchev–Trinajstić information content (AvgIpc) is 2.80. The summed E-state index contributed by atoms with van der Waals surface area (Å²) in [7, 11) is 0. The van der Waals surface area contributed by atoms with E-state index in [9.17, 15) is 4.39 Å². The van der Waals surface area contributed by atoms with E-state index in [1.54, 1.807) is 17.4 Å². The first-order valence-electron chi connectivity index (χ1n) is 7.39. The molecule has 1 aromatic heterocycles. The summed E-state index contributed by atoms with van der Waals surface area (Å²) in [5, 5.41) is 4.60. The van der Waals surface area contributed by atoms with Gasteiger partial charge in [-0.3, -0.25) is 0 Å². The Balaban J connectivity index is 2.35. The Morgan fingerprint density at radius 1 is 1.29 bits per heavy atom. The molecule has 1 atom stereocenters. The normalized spacial score (nSPS) is 14.1. The number of nitrogens with one attached hydrogen (secondary N) is 1. The third kappa shape index (κ3) is 3.69. The second-order valence-electron chi connectivity index (χ2n) is 5.69. The van der Waals surface area contributed by atoms with E-state index in [-0.39, 0.29) is 11.4 Å². The number of benzene rings is 1. The van der Waals surface area contributed by atoms with E-state index in [0.29, 0.717) is 6.42 Å². The van der Waals surface area contributed by atoms with Gasteiger partial charge in [0.25, 0.3) is 0 Å². The summed E-state index contributed by atoms with van der Waals surface area (Å²) < 4.78 is 14.0. The summed E-state index contributed by atoms with van der Waals surface area (Å²) in [4.78, 5) is 5.92. The lowest BCUT2D eigenvalue weighted by Crippen LogP contribution is -2.42. The molecule has 0 radical (unpaired) electrons. The first kappa shape index (κ1) is 16.1. The topological polar surface area (TPSA) is 24.9 Å². The lowest BCUT2D eigenvalue weighted by molar-refractivity contribution is 0.357. The minimum atomic E-state index is -0.331. The van der Waals surface area contributed by atoms with Crippen LogP contribution in [-0.2, 0) is 12.0 Å². The zero-order chi connectivity index (χ0) is 15.5. The van der Waals surface area contributed by atoms with E-state index < -0.39 is 0 Å². The molecule has 2 aromatic rings. The molecule has 114 valence electrons. The molecule has 0 saturated carbocycles. The van der Waals surface area contributed by atoms with Crippen molar-refractivity contribution in [2.24, 2.45) is 0 Å². The molecule has 0 amide bonds. The van der Waals surface area contributed by atoms with Gasteiger partial charge in [-0.1, -0.05) is 25.1 Å². The summed E-state index contributed by atoms with van der Waals surface area (Å²) in [5.74, 6) is -0.146. The molecular formula is C17H23FN2S. The lowest BCUT2D eigenvalue weighted by atomic mass is 9.92. The average molecular weight is 306 g/mol. The van der Waals surface area contributed by atoms with Crippen LogP contribution in [-0.4, -0.2) is 11.5 Å². The second-order valence-corrected chi connectivity index (χ2v) is 6.89. The number of hydrogen-bond donors (Lipinski definition) is 1. The van der Waals surface area contributed by atoms with E-state index in [4.69, 9.17) is 4.98 Å². The van der Waals surface area contributed by atoms with Crippen molar-refractivity contribution >= 4 is 11.3 Å². The predicted molar refractivity (Wildman–Crippen MR) is 87.3 cm³/mol. The van der Waals surface area contributed by atoms with Gasteiger partial charge in [0, 0.05) is 4.88 Å². The van der Waals surface area contributed by atoms with Crippen LogP contribution in [0.15, 0.2) is 24.3 Å². The highest BCUT2D eigenvalue weighted by Crippen LogP contribution is 2.31. The number of aromatic nitrogens is 1. The van der Waals surface area contributed by atoms with Crippen LogP contribution < -0.4 is 5.32 Å². The monoisotopic (exact) mass is 306 g/mol. The molecule has 0 aliphatic rings. The Morgan fingerprint density at radius 3 is 2.57 bits per heavy atom. The van der Waals surface area contributed by atoms with Gasteiger partial charge in [0.2, 0.25) is 0 Å². The molecule has 1 heterocycles. The van der Waals surface area contributed by atoms with Crippen molar-refractivity contribution in [2.45, 2.75) is 46.1 Å². The van der Waals surface area contributed by atoms with Gasteiger partial charge in [0.05, 0.1) is 11.2 Å². The highest BCUT2D eigenvalue weighted by Gasteiger charge is 2.31. The summed E-state index contributed by atoms with van der Waals surface area (Å²) in [6.07, 6.45) is 1.64. The van der Waals surface area contributed by atoms with Gasteiger partial charge in [0.15, 0.2) is 0 Å². The first-order chi connectivity index (χ1) is 9.96. The maximum absolute atomic E-state index is 14.0. The Morgan fingerprint density at radius 2 is 2.00 bits per heavy atom. The van der Waals surface area contributed by atoms with Gasteiger partial charge < -0.3 is 5.32 Å². The van der Waals surface area contributed by atoms with E-state index in [0.717, 1.165) is 29.2 Å². The van der Waals surface area contributed by atoms with Crippen molar-refractivity contribution in [1.29, 1.82) is 0 Å². The predicted octanol–water partition coefficient (Wildman–Crippen LogP) is 4.36. The van der Waals surface area contributed by atoms with Crippen molar-refractivity contribution in [3.63, 3.8) is 0 Å². The zero-order valence-corrected chi connectivity index (χ0v) is 14.0. The Kier molecular flexibility index (Phi) is 5.12. The van der Waals surface area contributed by atoms with Crippen molar-refractivity contribution in [3.05, 3.63) is 51.2 Å². The van der Waals surface area contributed by atoms with Crippen LogP contribution in [0.4, 0.5) is 4.39 Å². The highest BCUT2D eigenvalue weighted by molar-refractivity contribution is 7.11. The molecule has 4 heteroatoms. The van der Waals surface area contributed by atoms with E-state index in [1.807, 2.05) is 19.1 Å². The molecule has 2 nitrogen and oxygen atoms in total. The molecule has 21 heavy (non-hydrogen) atoms. The second kappa shape index (κ2) is 6.67. The van der Waals surface area contributed by atoms with E-state index in [2.05, 4.69) is 26.1 Å². The van der Waals surface area contributed by atoms with Crippen molar-refractivity contribution in [1.82, 2.24) is 10.3 Å². The fraction of sp³-hybridized carbons (Fsp3) is 0.471. The minimum Gasteiger partial charge on any atom is -0.305 e. The van der Waals surface area contributed by atoms with Crippen LogP contribution in [0.25, 0.3) is 0 Å². The Labute approximate surface area is 130 Å². The SMILES string of the molecule is CCCNC(C)(Cc1ccccc1F)c1nc(C)c(C)s1. The fourth-order valence-corrected chi connectivity index (χ4v) is 3.38. The van der Waals surface area contributed by atoms with Crippen molar-refractivity contribution < 1.29 is 4.39 Å². The largest absolute Gasteiger partial charge is 0.305 e. The van der Waals surface area contributed by atoms with Crippen LogP contribution in [0.3, 0.4) is 0 Å². The van der Waals surface area contributed by atoms with Gasteiger partial charge in [-0.05, 0) is 51.8 Å². The molecule has 0 bridgehead atoms. The van der Waals surface area contributed by atoms with E-state index >= 15 is 0 Å². The number of nitrogens with zero attached hydrogens (tertiary/aromatic N) is 1. The molecule has 0 aliphatic heterocycles. The smallest absolute Gasteiger partial charge is 0.126 e. The van der Waals surface area contributed by atoms with Gasteiger partial charge >= 0.3 is 0 Å². The minimum absolute atomic E-state index is 0.146. The number of thiazole rings is 1. The van der Waals surface area contributed by atoms with Crippen LogP contribution in [0, 0.1) is 19.7 Å². The molecule has 1 unspecified atom stereocenters. The zero-order valence-electron chi connectivity index (χ0n) is 13.2. The van der Waals surface area contributed by atoms with Gasteiger partial charge in [-0.25, -0.2) is 9.37 Å². The van der Waals surface area contributed by atoms with Gasteiger partial charge in [-0.2, -0.15) is 0 Å². The number of aryl methyl sites for hydroxylation is 2. The van der Waals surface area contributed by atoms with E-state index in [1.165, 1.54) is 10.9 Å². The van der Waals surface area contributed by atoms with Gasteiger partial charge in [0.1, 0.15) is 10.8 Å². The molecular weight excluding hydrogens is 283 g/mol. The van der Waals surface area contributed by atoms with Crippen LogP contribution in [0.5, 0.6) is 0 Å². The van der Waals surface area contributed by atoms with Gasteiger partial charge in [-0.15, -0.1) is 11.3 Å². The Hall–Kier alpha value is -1.26. The number of hydrogen-bond acceptors (Lipinski definition) is 3. The summed E-state index contributed by atoms with van der Waals surface area (Å²) in [5.41, 5.74) is 1.46. The lowest BCUT2D eigenvalue weighted by Gasteiger charge is -2.29. The molecule has 0 fully saturated rings. The summed E-state index contributed by atoms with van der Waals surface area (Å²) >= 11 is 1.70. The molecule has 0 saturated heterocycles. The molecule has 2 rings (SSSR count). The van der Waals surface area contributed by atoms with Crippen LogP contribution in [0.1, 0.15) is 41.4 Å². The van der Waals surface area contributed by atoms with Crippen molar-refractivity contribution in [2.75, 3.05) is 6.54 Å². The number of halogens is 1. The summed E-state index contributed by atoms with van der Waals surface area (Å²) in [6.45, 7) is 9.25. The van der Waals surface area contributed by atoms with Crippen LogP contribution in [0.2, 0.25) is 0 Å². The quantitative estimate of drug-likeness (QED) is 0.858.